The van der Waals surface area contributed by atoms with E-state index >= 15 is 0 Å². The zero-order valence-electron chi connectivity index (χ0n) is 13.5. The van der Waals surface area contributed by atoms with E-state index in [4.69, 9.17) is 46.4 Å². The number of halogens is 4. The van der Waals surface area contributed by atoms with Gasteiger partial charge in [-0.25, -0.2) is 0 Å². The van der Waals surface area contributed by atoms with Crippen molar-refractivity contribution in [3.05, 3.63) is 27.7 Å². The van der Waals surface area contributed by atoms with Gasteiger partial charge in [-0.1, -0.05) is 78.5 Å². The lowest BCUT2D eigenvalue weighted by Crippen LogP contribution is -2.31. The molecule has 0 heterocycles. The molecule has 24 heavy (non-hydrogen) atoms. The van der Waals surface area contributed by atoms with Crippen LogP contribution < -0.4 is 0 Å². The van der Waals surface area contributed by atoms with Crippen molar-refractivity contribution in [2.45, 2.75) is 56.3 Å². The van der Waals surface area contributed by atoms with Crippen LogP contribution in [-0.4, -0.2) is 10.2 Å². The summed E-state index contributed by atoms with van der Waals surface area (Å²) in [5.74, 6) is -0.444. The summed E-state index contributed by atoms with van der Waals surface area (Å²) < 4.78 is -1.89. The van der Waals surface area contributed by atoms with Crippen LogP contribution in [0, 0.1) is 12.8 Å². The highest BCUT2D eigenvalue weighted by atomic mass is 35.5. The summed E-state index contributed by atoms with van der Waals surface area (Å²) in [5, 5.41) is 8.76. The number of ketones is 1. The first-order chi connectivity index (χ1) is 11.3. The Labute approximate surface area is 162 Å². The van der Waals surface area contributed by atoms with E-state index < -0.39 is 4.46 Å². The maximum Gasteiger partial charge on any atom is 0.286 e. The predicted octanol–water partition coefficient (Wildman–Crippen LogP) is 7.45. The summed E-state index contributed by atoms with van der Waals surface area (Å²) in [6.07, 6.45) is 7.14. The molecule has 1 aromatic carbocycles. The molecule has 1 aliphatic rings. The number of rotatable bonds is 4. The SMILES string of the molecule is Cc1cc(Cl)cc(Cl)c1N=NC(Cl)(Cl)C(=O)C1CCCCCCC1. The molecule has 3 nitrogen and oxygen atoms in total. The molecule has 0 unspecified atom stereocenters. The molecule has 0 aliphatic heterocycles. The van der Waals surface area contributed by atoms with Crippen molar-refractivity contribution in [3.63, 3.8) is 0 Å². The molecule has 0 bridgehead atoms. The van der Waals surface area contributed by atoms with Gasteiger partial charge in [-0.05, 0) is 37.5 Å². The average molecular weight is 410 g/mol. The van der Waals surface area contributed by atoms with Crippen molar-refractivity contribution in [2.75, 3.05) is 0 Å². The number of hydrogen-bond donors (Lipinski definition) is 0. The Balaban J connectivity index is 2.15. The van der Waals surface area contributed by atoms with Crippen molar-refractivity contribution in [1.29, 1.82) is 0 Å². The molecule has 1 aromatic rings. The zero-order chi connectivity index (χ0) is 17.7. The summed E-state index contributed by atoms with van der Waals surface area (Å²) in [5.41, 5.74) is 1.15. The highest BCUT2D eigenvalue weighted by Crippen LogP contribution is 2.37. The molecule has 0 aromatic heterocycles. The molecule has 0 spiro atoms. The van der Waals surface area contributed by atoms with Crippen LogP contribution in [0.2, 0.25) is 10.0 Å². The molecular weight excluding hydrogens is 390 g/mol. The van der Waals surface area contributed by atoms with Crippen molar-refractivity contribution in [1.82, 2.24) is 0 Å². The monoisotopic (exact) mass is 408 g/mol. The summed E-state index contributed by atoms with van der Waals surface area (Å²) in [7, 11) is 0. The minimum Gasteiger partial charge on any atom is -0.294 e. The Morgan fingerprint density at radius 1 is 1.08 bits per heavy atom. The topological polar surface area (TPSA) is 41.8 Å². The van der Waals surface area contributed by atoms with Gasteiger partial charge in [0.05, 0.1) is 5.02 Å². The normalized spacial score (nSPS) is 17.7. The van der Waals surface area contributed by atoms with E-state index in [0.717, 1.165) is 44.1 Å². The minimum absolute atomic E-state index is 0.166. The van der Waals surface area contributed by atoms with E-state index in [1.54, 1.807) is 19.1 Å². The lowest BCUT2D eigenvalue weighted by Gasteiger charge is -2.22. The van der Waals surface area contributed by atoms with Crippen LogP contribution in [0.4, 0.5) is 5.69 Å². The first-order valence-electron chi connectivity index (χ1n) is 8.12. The number of carbonyl (C=O) groups excluding carboxylic acids is 1. The number of carbonyl (C=O) groups is 1. The highest BCUT2D eigenvalue weighted by Gasteiger charge is 2.38. The number of azo groups is 1. The molecule has 0 saturated heterocycles. The lowest BCUT2D eigenvalue weighted by atomic mass is 9.88. The van der Waals surface area contributed by atoms with Crippen LogP contribution in [0.25, 0.3) is 0 Å². The summed E-state index contributed by atoms with van der Waals surface area (Å²) in [4.78, 5) is 12.7. The number of benzene rings is 1. The van der Waals surface area contributed by atoms with Gasteiger partial charge in [0.25, 0.3) is 4.46 Å². The molecule has 0 radical (unpaired) electrons. The smallest absolute Gasteiger partial charge is 0.286 e. The van der Waals surface area contributed by atoms with Gasteiger partial charge in [0.15, 0.2) is 5.78 Å². The Hall–Kier alpha value is -0.350. The largest absolute Gasteiger partial charge is 0.294 e. The predicted molar refractivity (Wildman–Crippen MR) is 101 cm³/mol. The quantitative estimate of drug-likeness (QED) is 0.289. The number of aryl methyl sites for hydroxylation is 1. The number of nitrogens with zero attached hydrogens (tertiary/aromatic N) is 2. The fourth-order valence-electron chi connectivity index (χ4n) is 2.95. The van der Waals surface area contributed by atoms with Gasteiger partial charge in [0.2, 0.25) is 0 Å². The Bertz CT molecular complexity index is 600. The zero-order valence-corrected chi connectivity index (χ0v) is 16.5. The standard InChI is InChI=1S/C17H20Cl4N2O/c1-11-9-13(18)10-14(19)15(11)22-23-17(20,21)16(24)12-7-5-3-2-4-6-8-12/h9-10,12H,2-8H2,1H3. The third-order valence-corrected chi connectivity index (χ3v) is 5.30. The van der Waals surface area contributed by atoms with E-state index in [1.165, 1.54) is 6.42 Å². The first kappa shape index (κ1) is 20.0. The Morgan fingerprint density at radius 3 is 2.25 bits per heavy atom. The Morgan fingerprint density at radius 2 is 1.67 bits per heavy atom. The minimum atomic E-state index is -1.89. The summed E-state index contributed by atoms with van der Waals surface area (Å²) in [6.45, 7) is 1.80. The third-order valence-electron chi connectivity index (χ3n) is 4.27. The molecule has 1 saturated carbocycles. The summed E-state index contributed by atoms with van der Waals surface area (Å²) >= 11 is 24.4. The second-order valence-corrected chi connectivity index (χ2v) is 8.33. The van der Waals surface area contributed by atoms with Crippen LogP contribution in [0.15, 0.2) is 22.4 Å². The molecule has 2 rings (SSSR count). The molecule has 0 N–H and O–H groups in total. The van der Waals surface area contributed by atoms with Crippen LogP contribution in [0.3, 0.4) is 0 Å². The number of alkyl halides is 2. The van der Waals surface area contributed by atoms with Gasteiger partial charge in [-0.3, -0.25) is 4.79 Å². The molecule has 1 fully saturated rings. The van der Waals surface area contributed by atoms with Crippen LogP contribution in [0.1, 0.15) is 50.5 Å². The second kappa shape index (κ2) is 8.84. The molecule has 0 atom stereocenters. The molecule has 0 amide bonds. The molecule has 132 valence electrons. The van der Waals surface area contributed by atoms with Crippen LogP contribution in [0.5, 0.6) is 0 Å². The van der Waals surface area contributed by atoms with Gasteiger partial charge in [0, 0.05) is 10.9 Å². The van der Waals surface area contributed by atoms with E-state index in [9.17, 15) is 4.79 Å². The summed E-state index contributed by atoms with van der Waals surface area (Å²) in [6, 6.07) is 3.27. The fraction of sp³-hybridized carbons (Fsp3) is 0.588. The van der Waals surface area contributed by atoms with Crippen LogP contribution >= 0.6 is 46.4 Å². The number of Topliss-reactive ketones (excluding diaryl/α,β-unsaturated/α-hetero) is 1. The van der Waals surface area contributed by atoms with Crippen molar-refractivity contribution >= 4 is 57.9 Å². The molecular formula is C17H20Cl4N2O. The van der Waals surface area contributed by atoms with E-state index in [2.05, 4.69) is 10.2 Å². The van der Waals surface area contributed by atoms with Crippen molar-refractivity contribution in [2.24, 2.45) is 16.1 Å². The van der Waals surface area contributed by atoms with Gasteiger partial charge in [-0.2, -0.15) is 5.11 Å². The first-order valence-corrected chi connectivity index (χ1v) is 9.63. The fourth-order valence-corrected chi connectivity index (χ4v) is 3.96. The molecule has 7 heteroatoms. The lowest BCUT2D eigenvalue weighted by molar-refractivity contribution is -0.124. The van der Waals surface area contributed by atoms with Gasteiger partial charge in [-0.15, -0.1) is 5.11 Å². The number of hydrogen-bond acceptors (Lipinski definition) is 3. The molecule has 1 aliphatic carbocycles. The van der Waals surface area contributed by atoms with E-state index in [0.29, 0.717) is 15.7 Å². The van der Waals surface area contributed by atoms with Crippen molar-refractivity contribution in [3.8, 4) is 0 Å². The van der Waals surface area contributed by atoms with Crippen molar-refractivity contribution < 1.29 is 4.79 Å². The maximum absolute atomic E-state index is 12.7. The average Bonchev–Trinajstić information content (AvgIpc) is 2.45. The highest BCUT2D eigenvalue weighted by molar-refractivity contribution is 6.58. The third kappa shape index (κ3) is 5.32. The van der Waals surface area contributed by atoms with Gasteiger partial charge in [0.1, 0.15) is 5.69 Å². The Kier molecular flexibility index (Phi) is 7.36. The second-order valence-electron chi connectivity index (χ2n) is 6.20. The van der Waals surface area contributed by atoms with Gasteiger partial charge < -0.3 is 0 Å². The van der Waals surface area contributed by atoms with Crippen LogP contribution in [-0.2, 0) is 4.79 Å². The van der Waals surface area contributed by atoms with Gasteiger partial charge >= 0.3 is 0 Å². The maximum atomic E-state index is 12.7. The van der Waals surface area contributed by atoms with E-state index in [1.807, 2.05) is 0 Å². The van der Waals surface area contributed by atoms with E-state index in [-0.39, 0.29) is 11.7 Å².